The zero-order valence-corrected chi connectivity index (χ0v) is 11.1. The molecule has 2 aromatic rings. The molecule has 0 saturated carbocycles. The Morgan fingerprint density at radius 2 is 1.40 bits per heavy atom. The quantitative estimate of drug-likeness (QED) is 0.499. The van der Waals surface area contributed by atoms with Gasteiger partial charge in [0.1, 0.15) is 0 Å². The van der Waals surface area contributed by atoms with Crippen LogP contribution >= 0.6 is 0 Å². The van der Waals surface area contributed by atoms with Gasteiger partial charge >= 0.3 is 0 Å². The van der Waals surface area contributed by atoms with Crippen LogP contribution in [0.15, 0.2) is 60.7 Å². The summed E-state index contributed by atoms with van der Waals surface area (Å²) < 4.78 is 0. The van der Waals surface area contributed by atoms with Crippen molar-refractivity contribution in [1.29, 1.82) is 0 Å². The third-order valence-electron chi connectivity index (χ3n) is 2.61. The van der Waals surface area contributed by atoms with Gasteiger partial charge in [-0.15, -0.1) is 10.1 Å². The number of hydrogen-bond donors (Lipinski definition) is 2. The molecule has 2 N–H and O–H groups in total. The van der Waals surface area contributed by atoms with Crippen LogP contribution in [-0.2, 0) is 13.0 Å². The fraction of sp³-hybridized carbons (Fsp3) is 0.200. The molecule has 20 heavy (non-hydrogen) atoms. The predicted octanol–water partition coefficient (Wildman–Crippen LogP) is 2.67. The zero-order valence-electron chi connectivity index (χ0n) is 11.1. The average molecular weight is 274 g/mol. The Labute approximate surface area is 118 Å². The van der Waals surface area contributed by atoms with E-state index in [4.69, 9.17) is 15.3 Å². The monoisotopic (exact) mass is 274 g/mol. The highest BCUT2D eigenvalue weighted by molar-refractivity contribution is 5.16. The Morgan fingerprint density at radius 3 is 1.90 bits per heavy atom. The van der Waals surface area contributed by atoms with Crippen LogP contribution in [0.2, 0.25) is 0 Å². The van der Waals surface area contributed by atoms with Gasteiger partial charge in [-0.3, -0.25) is 0 Å². The van der Waals surface area contributed by atoms with E-state index in [0.717, 1.165) is 19.5 Å². The van der Waals surface area contributed by atoms with Gasteiger partial charge in [-0.2, -0.15) is 0 Å². The molecule has 0 saturated heterocycles. The Balaban J connectivity index is 0.000000444. The van der Waals surface area contributed by atoms with Crippen molar-refractivity contribution < 1.29 is 10.3 Å². The molecule has 0 spiro atoms. The SMILES string of the molecule is O=[N+]([O-])O.c1ccc(CCNCc2ccccc2)cc1. The Kier molecular flexibility index (Phi) is 7.45. The summed E-state index contributed by atoms with van der Waals surface area (Å²) in [5.74, 6) is 0. The standard InChI is InChI=1S/C15H17N.HNO3/c1-3-7-14(8-4-1)11-12-16-13-15-9-5-2-6-10-15;2-1(3)4/h1-10,16H,11-13H2;(H,2,3,4). The lowest BCUT2D eigenvalue weighted by molar-refractivity contribution is -0.742. The molecule has 0 aliphatic heterocycles. The summed E-state index contributed by atoms with van der Waals surface area (Å²) >= 11 is 0. The van der Waals surface area contributed by atoms with Crippen molar-refractivity contribution >= 4 is 0 Å². The second kappa shape index (κ2) is 9.52. The van der Waals surface area contributed by atoms with E-state index in [2.05, 4.69) is 59.9 Å². The molecule has 5 nitrogen and oxygen atoms in total. The first-order valence-corrected chi connectivity index (χ1v) is 6.30. The lowest BCUT2D eigenvalue weighted by atomic mass is 10.1. The molecule has 0 fully saturated rings. The van der Waals surface area contributed by atoms with Crippen molar-refractivity contribution in [2.75, 3.05) is 6.54 Å². The maximum atomic E-state index is 8.36. The molecule has 0 aliphatic carbocycles. The summed E-state index contributed by atoms with van der Waals surface area (Å²) in [6.45, 7) is 1.98. The minimum atomic E-state index is -1.50. The van der Waals surface area contributed by atoms with Crippen molar-refractivity contribution in [2.45, 2.75) is 13.0 Å². The highest BCUT2D eigenvalue weighted by Gasteiger charge is 1.92. The normalized spacial score (nSPS) is 9.40. The summed E-state index contributed by atoms with van der Waals surface area (Å²) in [6, 6.07) is 21.1. The van der Waals surface area contributed by atoms with E-state index in [0.29, 0.717) is 0 Å². The molecule has 0 heterocycles. The van der Waals surface area contributed by atoms with Crippen LogP contribution in [0.1, 0.15) is 11.1 Å². The molecular formula is C15H18N2O3. The highest BCUT2D eigenvalue weighted by Crippen LogP contribution is 2.00. The van der Waals surface area contributed by atoms with Gasteiger partial charge in [-0.1, -0.05) is 60.7 Å². The van der Waals surface area contributed by atoms with Crippen LogP contribution in [0.3, 0.4) is 0 Å². The summed E-state index contributed by atoms with van der Waals surface area (Å²) in [5.41, 5.74) is 2.73. The fourth-order valence-corrected chi connectivity index (χ4v) is 1.71. The Hall–Kier alpha value is -2.40. The van der Waals surface area contributed by atoms with Crippen molar-refractivity contribution in [3.8, 4) is 0 Å². The lowest BCUT2D eigenvalue weighted by Crippen LogP contribution is -2.16. The van der Waals surface area contributed by atoms with Gasteiger partial charge in [0.05, 0.1) is 0 Å². The van der Waals surface area contributed by atoms with Crippen LogP contribution < -0.4 is 5.32 Å². The molecule has 0 aromatic heterocycles. The second-order valence-corrected chi connectivity index (χ2v) is 4.14. The van der Waals surface area contributed by atoms with E-state index in [1.54, 1.807) is 0 Å². The van der Waals surface area contributed by atoms with Gasteiger partial charge in [0.15, 0.2) is 0 Å². The van der Waals surface area contributed by atoms with Gasteiger partial charge in [-0.25, -0.2) is 0 Å². The second-order valence-electron chi connectivity index (χ2n) is 4.14. The number of hydrogen-bond acceptors (Lipinski definition) is 3. The third-order valence-corrected chi connectivity index (χ3v) is 2.61. The van der Waals surface area contributed by atoms with Gasteiger partial charge in [0.2, 0.25) is 0 Å². The van der Waals surface area contributed by atoms with Crippen LogP contribution in [0.5, 0.6) is 0 Å². The van der Waals surface area contributed by atoms with Crippen molar-refractivity contribution in [3.63, 3.8) is 0 Å². The largest absolute Gasteiger partial charge is 0.328 e. The molecule has 2 rings (SSSR count). The first-order chi connectivity index (χ1) is 9.68. The van der Waals surface area contributed by atoms with Crippen molar-refractivity contribution in [3.05, 3.63) is 81.9 Å². The van der Waals surface area contributed by atoms with E-state index >= 15 is 0 Å². The number of nitrogens with one attached hydrogen (secondary N) is 1. The number of rotatable bonds is 5. The molecule has 0 amide bonds. The van der Waals surface area contributed by atoms with Gasteiger partial charge in [0.25, 0.3) is 5.09 Å². The highest BCUT2D eigenvalue weighted by atomic mass is 16.9. The predicted molar refractivity (Wildman–Crippen MR) is 77.1 cm³/mol. The summed E-state index contributed by atoms with van der Waals surface area (Å²) in [7, 11) is 0. The minimum Gasteiger partial charge on any atom is -0.328 e. The van der Waals surface area contributed by atoms with Gasteiger partial charge in [0, 0.05) is 6.54 Å². The first-order valence-electron chi connectivity index (χ1n) is 6.30. The Bertz CT molecular complexity index is 443. The van der Waals surface area contributed by atoms with E-state index in [1.807, 2.05) is 6.07 Å². The third kappa shape index (κ3) is 7.84. The van der Waals surface area contributed by atoms with Crippen molar-refractivity contribution in [1.82, 2.24) is 5.32 Å². The molecule has 0 unspecified atom stereocenters. The van der Waals surface area contributed by atoms with Gasteiger partial charge in [-0.05, 0) is 24.1 Å². The zero-order chi connectivity index (χ0) is 14.6. The summed E-state index contributed by atoms with van der Waals surface area (Å²) in [4.78, 5) is 8.36. The van der Waals surface area contributed by atoms with Crippen LogP contribution in [-0.4, -0.2) is 16.8 Å². The molecule has 0 bridgehead atoms. The molecule has 0 radical (unpaired) electrons. The van der Waals surface area contributed by atoms with Gasteiger partial charge < -0.3 is 10.5 Å². The molecule has 0 atom stereocenters. The minimum absolute atomic E-state index is 0.952. The average Bonchev–Trinajstić information content (AvgIpc) is 2.45. The number of benzene rings is 2. The fourth-order valence-electron chi connectivity index (χ4n) is 1.71. The van der Waals surface area contributed by atoms with E-state index in [9.17, 15) is 0 Å². The Morgan fingerprint density at radius 1 is 0.950 bits per heavy atom. The molecule has 5 heteroatoms. The smallest absolute Gasteiger partial charge is 0.291 e. The molecule has 0 aliphatic rings. The van der Waals surface area contributed by atoms with Crippen LogP contribution in [0.25, 0.3) is 0 Å². The van der Waals surface area contributed by atoms with Crippen LogP contribution in [0, 0.1) is 10.1 Å². The van der Waals surface area contributed by atoms with E-state index in [-0.39, 0.29) is 0 Å². The topological polar surface area (TPSA) is 75.4 Å². The summed E-state index contributed by atoms with van der Waals surface area (Å²) in [6.07, 6.45) is 1.09. The maximum Gasteiger partial charge on any atom is 0.291 e. The van der Waals surface area contributed by atoms with E-state index in [1.165, 1.54) is 11.1 Å². The lowest BCUT2D eigenvalue weighted by Gasteiger charge is -2.04. The molecule has 106 valence electrons. The first kappa shape index (κ1) is 15.7. The maximum absolute atomic E-state index is 8.36. The molecular weight excluding hydrogens is 256 g/mol. The number of nitrogens with zero attached hydrogens (tertiary/aromatic N) is 1. The summed E-state index contributed by atoms with van der Waals surface area (Å²) in [5, 5.41) is 17.1. The van der Waals surface area contributed by atoms with Crippen molar-refractivity contribution in [2.24, 2.45) is 0 Å². The molecule has 2 aromatic carbocycles. The van der Waals surface area contributed by atoms with E-state index < -0.39 is 5.09 Å². The van der Waals surface area contributed by atoms with Crippen LogP contribution in [0.4, 0.5) is 0 Å².